The number of aromatic nitrogens is 1. The second kappa shape index (κ2) is 7.04. The number of hydrazone groups is 1. The van der Waals surface area contributed by atoms with Crippen molar-refractivity contribution in [2.24, 2.45) is 5.10 Å². The Balaban J connectivity index is 1.88. The molecule has 1 aromatic heterocycles. The summed E-state index contributed by atoms with van der Waals surface area (Å²) < 4.78 is 6.88. The van der Waals surface area contributed by atoms with E-state index in [1.807, 2.05) is 54.9 Å². The minimum Gasteiger partial charge on any atom is -0.497 e. The van der Waals surface area contributed by atoms with Gasteiger partial charge in [0.25, 0.3) is 0 Å². The monoisotopic (exact) mass is 270 g/mol. The normalized spacial score (nSPS) is 10.4. The molecule has 0 aliphatic carbocycles. The number of rotatable bonds is 5. The Morgan fingerprint density at radius 3 is 2.85 bits per heavy atom. The van der Waals surface area contributed by atoms with Gasteiger partial charge in [0.15, 0.2) is 12.4 Å². The van der Waals surface area contributed by atoms with E-state index in [2.05, 4.69) is 10.5 Å². The van der Waals surface area contributed by atoms with E-state index in [1.54, 1.807) is 17.9 Å². The van der Waals surface area contributed by atoms with Gasteiger partial charge in [-0.05, 0) is 17.7 Å². The molecule has 0 saturated heterocycles. The van der Waals surface area contributed by atoms with E-state index < -0.39 is 0 Å². The number of benzene rings is 1. The lowest BCUT2D eigenvalue weighted by atomic mass is 10.2. The highest BCUT2D eigenvalue weighted by atomic mass is 16.5. The van der Waals surface area contributed by atoms with Crippen molar-refractivity contribution in [1.82, 2.24) is 5.43 Å². The molecule has 0 unspecified atom stereocenters. The fourth-order valence-corrected chi connectivity index (χ4v) is 1.64. The van der Waals surface area contributed by atoms with Crippen molar-refractivity contribution in [3.63, 3.8) is 0 Å². The number of nitrogens with zero attached hydrogens (tertiary/aromatic N) is 2. The molecule has 1 heterocycles. The summed E-state index contributed by atoms with van der Waals surface area (Å²) in [5.74, 6) is 0.570. The smallest absolute Gasteiger partial charge is 0.305 e. The Morgan fingerprint density at radius 1 is 1.30 bits per heavy atom. The van der Waals surface area contributed by atoms with Crippen molar-refractivity contribution < 1.29 is 14.1 Å². The molecule has 1 aromatic carbocycles. The first kappa shape index (κ1) is 13.7. The highest BCUT2D eigenvalue weighted by molar-refractivity contribution is 5.82. The summed E-state index contributed by atoms with van der Waals surface area (Å²) >= 11 is 0. The van der Waals surface area contributed by atoms with Gasteiger partial charge in [-0.2, -0.15) is 9.67 Å². The summed E-state index contributed by atoms with van der Waals surface area (Å²) in [5, 5.41) is 3.92. The van der Waals surface area contributed by atoms with Crippen LogP contribution in [0.2, 0.25) is 0 Å². The van der Waals surface area contributed by atoms with Gasteiger partial charge in [0.1, 0.15) is 5.75 Å². The van der Waals surface area contributed by atoms with Crippen molar-refractivity contribution in [1.29, 1.82) is 0 Å². The second-order valence-corrected chi connectivity index (χ2v) is 4.12. The minimum absolute atomic E-state index is 0.180. The van der Waals surface area contributed by atoms with Crippen LogP contribution >= 0.6 is 0 Å². The molecule has 20 heavy (non-hydrogen) atoms. The van der Waals surface area contributed by atoms with Gasteiger partial charge in [-0.15, -0.1) is 0 Å². The third kappa shape index (κ3) is 4.20. The number of methoxy groups -OCH3 is 1. The maximum Gasteiger partial charge on any atom is 0.305 e. The summed E-state index contributed by atoms with van der Waals surface area (Å²) in [6.07, 6.45) is 5.23. The molecule has 1 N–H and O–H groups in total. The summed E-state index contributed by atoms with van der Waals surface area (Å²) in [7, 11) is 1.61. The third-order valence-corrected chi connectivity index (χ3v) is 2.60. The topological polar surface area (TPSA) is 54.6 Å². The van der Waals surface area contributed by atoms with Gasteiger partial charge in [-0.1, -0.05) is 18.2 Å². The SMILES string of the molecule is COc1cccc(C=NNC(=O)C[n+]2ccccc2)c1. The summed E-state index contributed by atoms with van der Waals surface area (Å²) in [4.78, 5) is 11.7. The van der Waals surface area contributed by atoms with Crippen molar-refractivity contribution in [2.45, 2.75) is 6.54 Å². The Labute approximate surface area is 117 Å². The molecule has 0 aliphatic heterocycles. The van der Waals surface area contributed by atoms with Crippen LogP contribution in [0.1, 0.15) is 5.56 Å². The average Bonchev–Trinajstić information content (AvgIpc) is 2.48. The van der Waals surface area contributed by atoms with Gasteiger partial charge in [-0.25, -0.2) is 5.43 Å². The van der Waals surface area contributed by atoms with Gasteiger partial charge < -0.3 is 4.74 Å². The second-order valence-electron chi connectivity index (χ2n) is 4.12. The van der Waals surface area contributed by atoms with Gasteiger partial charge in [0.2, 0.25) is 6.54 Å². The Kier molecular flexibility index (Phi) is 4.83. The number of hydrogen-bond acceptors (Lipinski definition) is 3. The highest BCUT2D eigenvalue weighted by Crippen LogP contribution is 2.10. The van der Waals surface area contributed by atoms with E-state index in [0.29, 0.717) is 0 Å². The predicted octanol–water partition coefficient (Wildman–Crippen LogP) is 1.13. The number of hydrogen-bond donors (Lipinski definition) is 1. The first-order chi connectivity index (χ1) is 9.78. The Hall–Kier alpha value is -2.69. The molecule has 0 bridgehead atoms. The Morgan fingerprint density at radius 2 is 2.10 bits per heavy atom. The molecular weight excluding hydrogens is 254 g/mol. The van der Waals surface area contributed by atoms with Crippen LogP contribution in [-0.4, -0.2) is 19.2 Å². The standard InChI is InChI=1S/C15H15N3O2/c1-20-14-7-5-6-13(10-14)11-16-17-15(19)12-18-8-3-2-4-9-18/h2-11H,12H2,1H3/p+1. The summed E-state index contributed by atoms with van der Waals surface area (Å²) in [6.45, 7) is 0.232. The zero-order valence-corrected chi connectivity index (χ0v) is 11.2. The molecule has 1 amide bonds. The third-order valence-electron chi connectivity index (χ3n) is 2.60. The van der Waals surface area contributed by atoms with Crippen molar-refractivity contribution in [3.05, 3.63) is 60.4 Å². The number of carbonyl (C=O) groups excluding carboxylic acids is 1. The lowest BCUT2D eigenvalue weighted by Gasteiger charge is -2.00. The van der Waals surface area contributed by atoms with Crippen LogP contribution in [0.3, 0.4) is 0 Å². The lowest BCUT2D eigenvalue weighted by Crippen LogP contribution is -2.40. The van der Waals surface area contributed by atoms with Crippen LogP contribution in [-0.2, 0) is 11.3 Å². The largest absolute Gasteiger partial charge is 0.497 e. The number of pyridine rings is 1. The molecule has 5 heteroatoms. The maximum absolute atomic E-state index is 11.7. The fraction of sp³-hybridized carbons (Fsp3) is 0.133. The summed E-state index contributed by atoms with van der Waals surface area (Å²) in [5.41, 5.74) is 3.34. The van der Waals surface area contributed by atoms with Crippen LogP contribution in [0.25, 0.3) is 0 Å². The molecular formula is C15H16N3O2+. The quantitative estimate of drug-likeness (QED) is 0.503. The lowest BCUT2D eigenvalue weighted by molar-refractivity contribution is -0.684. The number of carbonyl (C=O) groups is 1. The zero-order valence-electron chi connectivity index (χ0n) is 11.2. The fourth-order valence-electron chi connectivity index (χ4n) is 1.64. The molecule has 0 fully saturated rings. The molecule has 102 valence electrons. The molecule has 0 atom stereocenters. The van der Waals surface area contributed by atoms with Gasteiger partial charge in [0, 0.05) is 12.1 Å². The minimum atomic E-state index is -0.180. The van der Waals surface area contributed by atoms with Gasteiger partial charge in [0.05, 0.1) is 13.3 Å². The van der Waals surface area contributed by atoms with Crippen LogP contribution in [0.15, 0.2) is 60.0 Å². The molecule has 5 nitrogen and oxygen atoms in total. The molecule has 0 radical (unpaired) electrons. The number of amides is 1. The highest BCUT2D eigenvalue weighted by Gasteiger charge is 2.06. The van der Waals surface area contributed by atoms with E-state index in [9.17, 15) is 4.79 Å². The Bertz CT molecular complexity index is 597. The number of nitrogens with one attached hydrogen (secondary N) is 1. The van der Waals surface area contributed by atoms with E-state index in [1.165, 1.54) is 0 Å². The molecule has 0 spiro atoms. The predicted molar refractivity (Wildman–Crippen MR) is 75.4 cm³/mol. The summed E-state index contributed by atoms with van der Waals surface area (Å²) in [6, 6.07) is 13.1. The van der Waals surface area contributed by atoms with E-state index >= 15 is 0 Å². The molecule has 2 aromatic rings. The first-order valence-electron chi connectivity index (χ1n) is 6.18. The van der Waals surface area contributed by atoms with E-state index in [0.717, 1.165) is 11.3 Å². The number of ether oxygens (including phenoxy) is 1. The zero-order chi connectivity index (χ0) is 14.2. The molecule has 2 rings (SSSR count). The van der Waals surface area contributed by atoms with Crippen molar-refractivity contribution in [3.8, 4) is 5.75 Å². The maximum atomic E-state index is 11.7. The van der Waals surface area contributed by atoms with E-state index in [4.69, 9.17) is 4.74 Å². The van der Waals surface area contributed by atoms with Crippen LogP contribution in [0, 0.1) is 0 Å². The van der Waals surface area contributed by atoms with Gasteiger partial charge >= 0.3 is 5.91 Å². The van der Waals surface area contributed by atoms with Crippen molar-refractivity contribution in [2.75, 3.05) is 7.11 Å². The van der Waals surface area contributed by atoms with Gasteiger partial charge in [-0.3, -0.25) is 4.79 Å². The average molecular weight is 270 g/mol. The van der Waals surface area contributed by atoms with Crippen LogP contribution in [0.4, 0.5) is 0 Å². The van der Waals surface area contributed by atoms with E-state index in [-0.39, 0.29) is 12.5 Å². The molecule has 0 saturated carbocycles. The van der Waals surface area contributed by atoms with Crippen LogP contribution in [0.5, 0.6) is 5.75 Å². The van der Waals surface area contributed by atoms with Crippen LogP contribution < -0.4 is 14.7 Å². The van der Waals surface area contributed by atoms with Crippen molar-refractivity contribution >= 4 is 12.1 Å². The first-order valence-corrected chi connectivity index (χ1v) is 6.18. The molecule has 0 aliphatic rings.